The van der Waals surface area contributed by atoms with Crippen molar-refractivity contribution in [1.29, 1.82) is 0 Å². The van der Waals surface area contributed by atoms with Gasteiger partial charge in [-0.15, -0.1) is 0 Å². The van der Waals surface area contributed by atoms with Crippen molar-refractivity contribution in [3.05, 3.63) is 0 Å². The van der Waals surface area contributed by atoms with Crippen molar-refractivity contribution in [3.63, 3.8) is 0 Å². The standard InChI is InChI=1S/C6HF9O4.Na.H/c7-3(5(11,12)13)6(14,15)19-2(18-3,1(16)17)4(8,9)10;;/h(H,16,17);;/q;+1;-1. The molecule has 1 fully saturated rings. The molecule has 1 aliphatic heterocycles. The van der Waals surface area contributed by atoms with Gasteiger partial charge in [0.25, 0.3) is 0 Å². The van der Waals surface area contributed by atoms with E-state index in [9.17, 15) is 44.3 Å². The third-order valence-corrected chi connectivity index (χ3v) is 1.95. The first kappa shape index (κ1) is 19.8. The summed E-state index contributed by atoms with van der Waals surface area (Å²) < 4.78 is 116. The number of aliphatic carboxylic acids is 1. The van der Waals surface area contributed by atoms with Gasteiger partial charge in [0.05, 0.1) is 0 Å². The predicted octanol–water partition coefficient (Wildman–Crippen LogP) is -0.686. The molecular formula is C6H2F9NaO4. The number of alkyl halides is 9. The van der Waals surface area contributed by atoms with E-state index in [0.29, 0.717) is 0 Å². The van der Waals surface area contributed by atoms with Gasteiger partial charge in [-0.3, -0.25) is 9.47 Å². The Hall–Kier alpha value is -0.240. The molecule has 0 aliphatic carbocycles. The van der Waals surface area contributed by atoms with Gasteiger partial charge in [0.1, 0.15) is 0 Å². The molecule has 2 atom stereocenters. The summed E-state index contributed by atoms with van der Waals surface area (Å²) in [6.45, 7) is 0. The number of hydrogen-bond acceptors (Lipinski definition) is 3. The Labute approximate surface area is 126 Å². The zero-order chi connectivity index (χ0) is 15.5. The van der Waals surface area contributed by atoms with Crippen LogP contribution in [0.1, 0.15) is 1.43 Å². The van der Waals surface area contributed by atoms with Gasteiger partial charge in [-0.25, -0.2) is 4.79 Å². The van der Waals surface area contributed by atoms with E-state index in [4.69, 9.17) is 5.11 Å². The summed E-state index contributed by atoms with van der Waals surface area (Å²) in [5.41, 5.74) is 0. The molecule has 14 heteroatoms. The third kappa shape index (κ3) is 2.49. The van der Waals surface area contributed by atoms with Crippen LogP contribution in [0.15, 0.2) is 0 Å². The minimum atomic E-state index is -6.67. The van der Waals surface area contributed by atoms with Crippen molar-refractivity contribution in [2.75, 3.05) is 0 Å². The summed E-state index contributed by atoms with van der Waals surface area (Å²) in [6, 6.07) is 0. The molecule has 1 heterocycles. The smallest absolute Gasteiger partial charge is 1.00 e. The van der Waals surface area contributed by atoms with Crippen molar-refractivity contribution < 1.29 is 89.9 Å². The second-order valence-electron chi connectivity index (χ2n) is 3.23. The molecule has 1 aliphatic rings. The molecule has 1 N–H and O–H groups in total. The molecule has 0 spiro atoms. The van der Waals surface area contributed by atoms with Gasteiger partial charge < -0.3 is 6.53 Å². The zero-order valence-corrected chi connectivity index (χ0v) is 11.1. The first-order valence-electron chi connectivity index (χ1n) is 3.95. The van der Waals surface area contributed by atoms with Crippen molar-refractivity contribution >= 4 is 5.97 Å². The number of carbonyl (C=O) groups is 1. The molecule has 20 heavy (non-hydrogen) atoms. The first-order chi connectivity index (χ1) is 8.11. The third-order valence-electron chi connectivity index (χ3n) is 1.95. The number of ether oxygens (including phenoxy) is 2. The Kier molecular flexibility index (Phi) is 4.84. The molecule has 2 unspecified atom stereocenters. The zero-order valence-electron chi connectivity index (χ0n) is 10.1. The van der Waals surface area contributed by atoms with Crippen LogP contribution in [0.3, 0.4) is 0 Å². The number of hydrogen-bond donors (Lipinski definition) is 1. The van der Waals surface area contributed by atoms with E-state index in [1.54, 1.807) is 0 Å². The maximum Gasteiger partial charge on any atom is 1.00 e. The van der Waals surface area contributed by atoms with Gasteiger partial charge in [0, 0.05) is 0 Å². The van der Waals surface area contributed by atoms with E-state index >= 15 is 0 Å². The molecule has 0 aromatic rings. The Morgan fingerprint density at radius 2 is 1.35 bits per heavy atom. The summed E-state index contributed by atoms with van der Waals surface area (Å²) in [6.07, 6.45) is -19.3. The van der Waals surface area contributed by atoms with Crippen molar-refractivity contribution in [1.82, 2.24) is 0 Å². The van der Waals surface area contributed by atoms with Gasteiger partial charge >= 0.3 is 65.6 Å². The Morgan fingerprint density at radius 1 is 0.950 bits per heavy atom. The summed E-state index contributed by atoms with van der Waals surface area (Å²) in [5, 5.41) is 8.09. The van der Waals surface area contributed by atoms with E-state index in [1.165, 1.54) is 0 Å². The Balaban J connectivity index is 0. The van der Waals surface area contributed by atoms with Crippen LogP contribution in [-0.2, 0) is 14.3 Å². The molecule has 0 amide bonds. The average Bonchev–Trinajstić information content (AvgIpc) is 2.34. The van der Waals surface area contributed by atoms with Gasteiger partial charge in [-0.05, 0) is 0 Å². The maximum atomic E-state index is 13.0. The molecule has 0 saturated carbocycles. The Bertz CT molecular complexity index is 412. The van der Waals surface area contributed by atoms with E-state index < -0.39 is 36.1 Å². The van der Waals surface area contributed by atoms with E-state index in [2.05, 4.69) is 9.47 Å². The predicted molar refractivity (Wildman–Crippen MR) is 34.5 cm³/mol. The van der Waals surface area contributed by atoms with Gasteiger partial charge in [0.15, 0.2) is 0 Å². The van der Waals surface area contributed by atoms with Crippen LogP contribution in [0.4, 0.5) is 39.5 Å². The second-order valence-corrected chi connectivity index (χ2v) is 3.23. The van der Waals surface area contributed by atoms with Crippen molar-refractivity contribution in [3.8, 4) is 0 Å². The monoisotopic (exact) mass is 332 g/mol. The molecule has 0 radical (unpaired) electrons. The fraction of sp³-hybridized carbons (Fsp3) is 0.833. The van der Waals surface area contributed by atoms with Crippen LogP contribution in [0.5, 0.6) is 0 Å². The van der Waals surface area contributed by atoms with Crippen LogP contribution >= 0.6 is 0 Å². The van der Waals surface area contributed by atoms with E-state index in [-0.39, 0.29) is 31.0 Å². The van der Waals surface area contributed by atoms with Gasteiger partial charge in [-0.1, -0.05) is 0 Å². The topological polar surface area (TPSA) is 55.8 Å². The molecule has 0 aromatic heterocycles. The number of carboxylic acid groups (broad SMARTS) is 1. The first-order valence-corrected chi connectivity index (χ1v) is 3.95. The van der Waals surface area contributed by atoms with Crippen LogP contribution < -0.4 is 29.6 Å². The molecule has 4 nitrogen and oxygen atoms in total. The average molecular weight is 332 g/mol. The van der Waals surface area contributed by atoms with E-state index in [1.807, 2.05) is 0 Å². The van der Waals surface area contributed by atoms with Crippen molar-refractivity contribution in [2.24, 2.45) is 0 Å². The molecule has 0 bridgehead atoms. The van der Waals surface area contributed by atoms with Crippen LogP contribution in [0.25, 0.3) is 0 Å². The summed E-state index contributed by atoms with van der Waals surface area (Å²) >= 11 is 0. The largest absolute Gasteiger partial charge is 1.00 e. The maximum absolute atomic E-state index is 13.0. The minimum Gasteiger partial charge on any atom is -1.00 e. The number of rotatable bonds is 1. The van der Waals surface area contributed by atoms with Crippen LogP contribution in [0, 0.1) is 0 Å². The molecular weight excluding hydrogens is 330 g/mol. The number of halogens is 9. The molecule has 0 aromatic carbocycles. The van der Waals surface area contributed by atoms with Crippen molar-refractivity contribution in [2.45, 2.75) is 30.1 Å². The summed E-state index contributed by atoms with van der Waals surface area (Å²) in [7, 11) is 0. The molecule has 1 rings (SSSR count). The van der Waals surface area contributed by atoms with Crippen LogP contribution in [-0.4, -0.2) is 41.2 Å². The van der Waals surface area contributed by atoms with Crippen LogP contribution in [0.2, 0.25) is 0 Å². The molecule has 114 valence electrons. The normalized spacial score (nSPS) is 33.6. The quantitative estimate of drug-likeness (QED) is 0.510. The molecule has 1 saturated heterocycles. The fourth-order valence-corrected chi connectivity index (χ4v) is 1.07. The minimum absolute atomic E-state index is 0. The fourth-order valence-electron chi connectivity index (χ4n) is 1.07. The van der Waals surface area contributed by atoms with E-state index in [0.717, 1.165) is 0 Å². The van der Waals surface area contributed by atoms with Gasteiger partial charge in [0.2, 0.25) is 0 Å². The second kappa shape index (κ2) is 4.90. The summed E-state index contributed by atoms with van der Waals surface area (Å²) in [4.78, 5) is 10.2. The summed E-state index contributed by atoms with van der Waals surface area (Å²) in [5.74, 6) is -15.1. The SMILES string of the molecule is O=C(O)C1(C(F)(F)F)OC(F)(F)C(F)(C(F)(F)F)O1.[H-].[Na+]. The number of carboxylic acids is 1. The Morgan fingerprint density at radius 3 is 1.50 bits per heavy atom. The van der Waals surface area contributed by atoms with Gasteiger partial charge in [-0.2, -0.15) is 39.5 Å².